The van der Waals surface area contributed by atoms with Crippen molar-refractivity contribution in [2.24, 2.45) is 10.2 Å². The number of carbonyl (C=O) groups is 1. The number of hydrogen-bond donors (Lipinski definition) is 0. The first kappa shape index (κ1) is 29.3. The highest BCUT2D eigenvalue weighted by molar-refractivity contribution is 8.18. The minimum absolute atomic E-state index is 0.207. The second-order valence-electron chi connectivity index (χ2n) is 8.93. The van der Waals surface area contributed by atoms with E-state index in [4.69, 9.17) is 37.1 Å². The van der Waals surface area contributed by atoms with Gasteiger partial charge in [-0.1, -0.05) is 71.7 Å². The molecule has 0 radical (unpaired) electrons. The lowest BCUT2D eigenvalue weighted by Crippen LogP contribution is -2.28. The van der Waals surface area contributed by atoms with Crippen LogP contribution in [-0.2, 0) is 17.9 Å². The lowest BCUT2D eigenvalue weighted by molar-refractivity contribution is -0.122. The predicted octanol–water partition coefficient (Wildman–Crippen LogP) is 8.35. The predicted molar refractivity (Wildman–Crippen MR) is 170 cm³/mol. The fourth-order valence-corrected chi connectivity index (χ4v) is 5.36. The van der Waals surface area contributed by atoms with Crippen LogP contribution >= 0.6 is 35.0 Å². The van der Waals surface area contributed by atoms with Gasteiger partial charge in [0.2, 0.25) is 0 Å². The highest BCUT2D eigenvalue weighted by Crippen LogP contribution is 2.36. The van der Waals surface area contributed by atoms with E-state index in [9.17, 15) is 4.79 Å². The highest BCUT2D eigenvalue weighted by Gasteiger charge is 2.34. The number of halogens is 2. The third-order valence-electron chi connectivity index (χ3n) is 6.05. The van der Waals surface area contributed by atoms with Crippen LogP contribution in [0.1, 0.15) is 22.5 Å². The molecule has 1 fully saturated rings. The van der Waals surface area contributed by atoms with E-state index < -0.39 is 0 Å². The first-order valence-corrected chi connectivity index (χ1v) is 14.4. The minimum Gasteiger partial charge on any atom is -0.493 e. The molecular weight excluding hydrogens is 593 g/mol. The van der Waals surface area contributed by atoms with E-state index in [1.807, 2.05) is 54.6 Å². The average Bonchev–Trinajstić information content (AvgIpc) is 3.62. The average molecular weight is 619 g/mol. The first-order valence-electron chi connectivity index (χ1n) is 12.8. The van der Waals surface area contributed by atoms with E-state index in [2.05, 4.69) is 10.2 Å². The Morgan fingerprint density at radius 3 is 2.60 bits per heavy atom. The maximum absolute atomic E-state index is 13.4. The van der Waals surface area contributed by atoms with E-state index in [0.29, 0.717) is 37.4 Å². The molecule has 5 rings (SSSR count). The Morgan fingerprint density at radius 2 is 1.83 bits per heavy atom. The highest BCUT2D eigenvalue weighted by atomic mass is 35.5. The Hall–Kier alpha value is -4.24. The van der Waals surface area contributed by atoms with Crippen molar-refractivity contribution >= 4 is 64.4 Å². The molecule has 0 bridgehead atoms. The molecule has 42 heavy (non-hydrogen) atoms. The van der Waals surface area contributed by atoms with Crippen molar-refractivity contribution < 1.29 is 18.7 Å². The van der Waals surface area contributed by atoms with E-state index >= 15 is 0 Å². The van der Waals surface area contributed by atoms with Crippen LogP contribution in [0.4, 0.5) is 0 Å². The van der Waals surface area contributed by atoms with Crippen LogP contribution in [0.3, 0.4) is 0 Å². The first-order chi connectivity index (χ1) is 20.5. The molecule has 1 saturated heterocycles. The van der Waals surface area contributed by atoms with E-state index in [1.54, 1.807) is 62.1 Å². The smallest absolute Gasteiger partial charge is 0.267 e. The van der Waals surface area contributed by atoms with Crippen molar-refractivity contribution in [1.29, 1.82) is 0 Å². The van der Waals surface area contributed by atoms with Gasteiger partial charge in [-0.2, -0.15) is 5.10 Å². The number of amides is 1. The third kappa shape index (κ3) is 7.53. The normalized spacial score (nSPS) is 15.5. The molecular formula is C32H25Cl2N3O4S. The van der Waals surface area contributed by atoms with Crippen molar-refractivity contribution in [3.05, 3.63) is 129 Å². The number of carbonyl (C=O) groups excluding carboxylic acids is 1. The molecule has 0 unspecified atom stereocenters. The molecule has 4 aromatic rings. The second kappa shape index (κ2) is 14.1. The Morgan fingerprint density at radius 1 is 0.976 bits per heavy atom. The summed E-state index contributed by atoms with van der Waals surface area (Å²) in [7, 11) is 1.56. The number of amidine groups is 1. The molecule has 0 spiro atoms. The van der Waals surface area contributed by atoms with Gasteiger partial charge in [-0.05, 0) is 71.4 Å². The molecule has 10 heteroatoms. The lowest BCUT2D eigenvalue weighted by atomic mass is 10.1. The van der Waals surface area contributed by atoms with E-state index in [0.717, 1.165) is 16.7 Å². The zero-order valence-electron chi connectivity index (χ0n) is 22.4. The second-order valence-corrected chi connectivity index (χ2v) is 10.8. The van der Waals surface area contributed by atoms with Crippen molar-refractivity contribution in [3.63, 3.8) is 0 Å². The number of methoxy groups -OCH3 is 1. The van der Waals surface area contributed by atoms with Gasteiger partial charge in [0.15, 0.2) is 16.7 Å². The van der Waals surface area contributed by atoms with Gasteiger partial charge >= 0.3 is 0 Å². The molecule has 1 amide bonds. The Labute approximate surface area is 257 Å². The Kier molecular flexibility index (Phi) is 9.82. The lowest BCUT2D eigenvalue weighted by Gasteiger charge is -2.13. The van der Waals surface area contributed by atoms with Crippen LogP contribution in [0, 0.1) is 0 Å². The minimum atomic E-state index is -0.207. The van der Waals surface area contributed by atoms with E-state index in [1.165, 1.54) is 16.7 Å². The van der Waals surface area contributed by atoms with Gasteiger partial charge in [0.1, 0.15) is 12.4 Å². The summed E-state index contributed by atoms with van der Waals surface area (Å²) in [4.78, 5) is 15.5. The molecule has 212 valence electrons. The van der Waals surface area contributed by atoms with Crippen molar-refractivity contribution in [2.45, 2.75) is 13.2 Å². The molecule has 1 aliphatic rings. The summed E-state index contributed by atoms with van der Waals surface area (Å²) in [5.74, 6) is 1.48. The van der Waals surface area contributed by atoms with Gasteiger partial charge in [-0.15, -0.1) is 5.10 Å². The van der Waals surface area contributed by atoms with Gasteiger partial charge in [0, 0.05) is 21.8 Å². The van der Waals surface area contributed by atoms with Crippen LogP contribution in [0.2, 0.25) is 10.0 Å². The maximum Gasteiger partial charge on any atom is 0.267 e. The number of nitrogens with zero attached hydrogens (tertiary/aromatic N) is 3. The third-order valence-corrected chi connectivity index (χ3v) is 7.63. The van der Waals surface area contributed by atoms with Crippen molar-refractivity contribution in [2.75, 3.05) is 7.11 Å². The molecule has 0 aliphatic carbocycles. The number of allylic oxidation sites excluding steroid dienone is 1. The van der Waals surface area contributed by atoms with Crippen molar-refractivity contribution in [3.8, 4) is 11.5 Å². The summed E-state index contributed by atoms with van der Waals surface area (Å²) < 4.78 is 17.0. The molecule has 1 aromatic heterocycles. The van der Waals surface area contributed by atoms with Gasteiger partial charge in [-0.3, -0.25) is 9.69 Å². The Bertz CT molecular complexity index is 1670. The summed E-state index contributed by atoms with van der Waals surface area (Å²) in [6, 6.07) is 24.1. The topological polar surface area (TPSA) is 76.6 Å². The van der Waals surface area contributed by atoms with Crippen LogP contribution in [0.5, 0.6) is 11.5 Å². The number of ether oxygens (including phenoxy) is 2. The maximum atomic E-state index is 13.4. The van der Waals surface area contributed by atoms with Crippen molar-refractivity contribution in [1.82, 2.24) is 4.90 Å². The monoisotopic (exact) mass is 617 g/mol. The van der Waals surface area contributed by atoms with E-state index in [-0.39, 0.29) is 19.1 Å². The molecule has 7 nitrogen and oxygen atoms in total. The molecule has 1 aliphatic heterocycles. The molecule has 2 heterocycles. The van der Waals surface area contributed by atoms with Gasteiger partial charge in [0.05, 0.1) is 24.8 Å². The van der Waals surface area contributed by atoms with Crippen LogP contribution in [-0.4, -0.2) is 29.3 Å². The fourth-order valence-electron chi connectivity index (χ4n) is 3.96. The number of benzene rings is 3. The van der Waals surface area contributed by atoms with Gasteiger partial charge in [-0.25, -0.2) is 0 Å². The van der Waals surface area contributed by atoms with Crippen LogP contribution in [0.25, 0.3) is 12.2 Å². The zero-order valence-corrected chi connectivity index (χ0v) is 24.8. The number of rotatable bonds is 10. The molecule has 3 aromatic carbocycles. The zero-order chi connectivity index (χ0) is 29.3. The number of thioether (sulfide) groups is 1. The summed E-state index contributed by atoms with van der Waals surface area (Å²) in [5, 5.41) is 10.0. The van der Waals surface area contributed by atoms with Gasteiger partial charge < -0.3 is 13.9 Å². The number of furan rings is 1. The van der Waals surface area contributed by atoms with Crippen LogP contribution < -0.4 is 9.47 Å². The van der Waals surface area contributed by atoms with Gasteiger partial charge in [0.25, 0.3) is 5.91 Å². The summed E-state index contributed by atoms with van der Waals surface area (Å²) in [6.45, 7) is 0.470. The fraction of sp³-hybridized carbons (Fsp3) is 0.0938. The SMILES string of the molecule is COc1cc(/C=C2\S\C(=N/N=C/C=C/c3ccccc3)N(Cc3ccco3)C2=O)ccc1OCc1ccc(Cl)cc1Cl. The molecule has 0 saturated carbocycles. The summed E-state index contributed by atoms with van der Waals surface area (Å²) in [5.41, 5.74) is 2.60. The molecule has 0 N–H and O–H groups in total. The largest absolute Gasteiger partial charge is 0.493 e. The van der Waals surface area contributed by atoms with Crippen LogP contribution in [0.15, 0.2) is 111 Å². The summed E-state index contributed by atoms with van der Waals surface area (Å²) >= 11 is 13.5. The standard InChI is InChI=1S/C32H25Cl2N3O4S/c1-39-29-17-23(11-14-28(29)41-21-24-12-13-25(33)19-27(24)34)18-30-31(38)37(20-26-10-6-16-40-26)32(42-30)36-35-15-5-9-22-7-3-2-4-8-22/h2-19H,20-21H2,1H3/b9-5+,30-18-,35-15+,36-32-. The summed E-state index contributed by atoms with van der Waals surface area (Å²) in [6.07, 6.45) is 8.66. The quantitative estimate of drug-likeness (QED) is 0.101. The Balaban J connectivity index is 1.34. The molecule has 0 atom stereocenters. The number of hydrogen-bond acceptors (Lipinski definition) is 7.